The molecule has 1 unspecified atom stereocenters. The van der Waals surface area contributed by atoms with Crippen LogP contribution in [0, 0.1) is 5.92 Å². The second-order valence-corrected chi connectivity index (χ2v) is 6.38. The molecule has 1 aromatic carbocycles. The highest BCUT2D eigenvalue weighted by atomic mass is 35.5. The molecule has 24 heavy (non-hydrogen) atoms. The summed E-state index contributed by atoms with van der Waals surface area (Å²) in [5, 5.41) is 1.10. The van der Waals surface area contributed by atoms with Gasteiger partial charge in [-0.1, -0.05) is 18.2 Å². The first-order chi connectivity index (χ1) is 10.8. The number of hydrogen-bond acceptors (Lipinski definition) is 4. The van der Waals surface area contributed by atoms with Gasteiger partial charge in [0, 0.05) is 30.1 Å². The average molecular weight is 382 g/mol. The quantitative estimate of drug-likeness (QED) is 0.620. The highest BCUT2D eigenvalue weighted by Crippen LogP contribution is 2.32. The molecular formula is C17H17Cl2N3OS. The smallest absolute Gasteiger partial charge is 0.236 e. The monoisotopic (exact) mass is 381 g/mol. The highest BCUT2D eigenvalue weighted by molar-refractivity contribution is 8.00. The minimum absolute atomic E-state index is 0. The van der Waals surface area contributed by atoms with Gasteiger partial charge in [-0.3, -0.25) is 14.3 Å². The van der Waals surface area contributed by atoms with E-state index >= 15 is 0 Å². The Morgan fingerprint density at radius 1 is 1.12 bits per heavy atom. The fourth-order valence-corrected chi connectivity index (χ4v) is 3.94. The summed E-state index contributed by atoms with van der Waals surface area (Å²) in [4.78, 5) is 17.0. The molecule has 0 bridgehead atoms. The van der Waals surface area contributed by atoms with Gasteiger partial charge in [0.15, 0.2) is 0 Å². The van der Waals surface area contributed by atoms with E-state index in [1.54, 1.807) is 22.7 Å². The van der Waals surface area contributed by atoms with Crippen LogP contribution < -0.4 is 4.31 Å². The predicted octanol–water partition coefficient (Wildman–Crippen LogP) is 4.30. The number of aromatic nitrogens is 2. The largest absolute Gasteiger partial charge is 0.314 e. The molecule has 4 nitrogen and oxygen atoms in total. The summed E-state index contributed by atoms with van der Waals surface area (Å²) in [7, 11) is 0. The van der Waals surface area contributed by atoms with Crippen molar-refractivity contribution in [3.63, 3.8) is 0 Å². The van der Waals surface area contributed by atoms with Gasteiger partial charge in [-0.25, -0.2) is 0 Å². The SMILES string of the molecule is Cl.Cl.O=C(C1CSN(c2cccnc2)C1)n1ccc2ccccc21. The lowest BCUT2D eigenvalue weighted by atomic mass is 10.1. The Balaban J connectivity index is 0.00000104. The van der Waals surface area contributed by atoms with Crippen molar-refractivity contribution in [2.45, 2.75) is 0 Å². The van der Waals surface area contributed by atoms with Gasteiger partial charge in [-0.05, 0) is 36.2 Å². The van der Waals surface area contributed by atoms with E-state index in [2.05, 4.69) is 9.29 Å². The number of benzene rings is 1. The van der Waals surface area contributed by atoms with Gasteiger partial charge in [-0.2, -0.15) is 0 Å². The van der Waals surface area contributed by atoms with Crippen molar-refractivity contribution in [1.82, 2.24) is 9.55 Å². The van der Waals surface area contributed by atoms with Crippen LogP contribution in [0.5, 0.6) is 0 Å². The maximum atomic E-state index is 12.8. The Morgan fingerprint density at radius 2 is 1.96 bits per heavy atom. The van der Waals surface area contributed by atoms with Crippen molar-refractivity contribution in [3.05, 3.63) is 61.1 Å². The molecule has 1 aliphatic rings. The number of anilines is 1. The van der Waals surface area contributed by atoms with Crippen molar-refractivity contribution in [1.29, 1.82) is 0 Å². The van der Waals surface area contributed by atoms with E-state index in [1.165, 1.54) is 0 Å². The van der Waals surface area contributed by atoms with E-state index in [0.717, 1.165) is 28.9 Å². The average Bonchev–Trinajstić information content (AvgIpc) is 3.22. The van der Waals surface area contributed by atoms with Crippen LogP contribution in [0.1, 0.15) is 4.79 Å². The van der Waals surface area contributed by atoms with Crippen LogP contribution in [0.4, 0.5) is 5.69 Å². The van der Waals surface area contributed by atoms with Gasteiger partial charge in [0.25, 0.3) is 0 Å². The lowest BCUT2D eigenvalue weighted by Gasteiger charge is -2.16. The Labute approximate surface area is 157 Å². The van der Waals surface area contributed by atoms with Gasteiger partial charge in [0.05, 0.1) is 23.3 Å². The van der Waals surface area contributed by atoms with Gasteiger partial charge in [-0.15, -0.1) is 24.8 Å². The lowest BCUT2D eigenvalue weighted by Crippen LogP contribution is -2.26. The molecule has 1 atom stereocenters. The molecule has 0 amide bonds. The molecule has 1 saturated heterocycles. The minimum Gasteiger partial charge on any atom is -0.314 e. The number of pyridine rings is 1. The van der Waals surface area contributed by atoms with Crippen molar-refractivity contribution < 1.29 is 4.79 Å². The summed E-state index contributed by atoms with van der Waals surface area (Å²) in [6.45, 7) is 0.724. The number of nitrogens with zero attached hydrogens (tertiary/aromatic N) is 3. The molecule has 0 spiro atoms. The molecule has 2 aromatic heterocycles. The molecule has 4 rings (SSSR count). The van der Waals surface area contributed by atoms with Crippen LogP contribution in [0.15, 0.2) is 61.1 Å². The number of fused-ring (bicyclic) bond motifs is 1. The van der Waals surface area contributed by atoms with Crippen molar-refractivity contribution in [2.75, 3.05) is 16.6 Å². The summed E-state index contributed by atoms with van der Waals surface area (Å²) in [5.41, 5.74) is 2.04. The van der Waals surface area contributed by atoms with E-state index in [0.29, 0.717) is 0 Å². The van der Waals surface area contributed by atoms with Gasteiger partial charge < -0.3 is 4.31 Å². The molecular weight excluding hydrogens is 365 g/mol. The zero-order valence-electron chi connectivity index (χ0n) is 12.7. The van der Waals surface area contributed by atoms with E-state index in [9.17, 15) is 4.79 Å². The molecule has 126 valence electrons. The lowest BCUT2D eigenvalue weighted by molar-refractivity contribution is 0.0862. The van der Waals surface area contributed by atoms with E-state index < -0.39 is 0 Å². The van der Waals surface area contributed by atoms with Crippen LogP contribution in [-0.2, 0) is 0 Å². The van der Waals surface area contributed by atoms with Crippen molar-refractivity contribution >= 4 is 59.3 Å². The minimum atomic E-state index is 0. The fraction of sp³-hybridized carbons (Fsp3) is 0.176. The molecule has 7 heteroatoms. The molecule has 0 aliphatic carbocycles. The summed E-state index contributed by atoms with van der Waals surface area (Å²) in [5.74, 6) is 0.973. The molecule has 0 N–H and O–H groups in total. The van der Waals surface area contributed by atoms with Crippen LogP contribution >= 0.6 is 36.8 Å². The standard InChI is InChI=1S/C17H15N3OS.2ClH/c21-17(19-9-7-13-4-1-2-6-16(13)19)14-11-20(22-12-14)15-5-3-8-18-10-15;;/h1-10,14H,11-12H2;2*1H. The number of rotatable bonds is 2. The summed E-state index contributed by atoms with van der Waals surface area (Å²) >= 11 is 1.69. The van der Waals surface area contributed by atoms with Crippen LogP contribution in [0.3, 0.4) is 0 Å². The number of hydrogen-bond donors (Lipinski definition) is 0. The molecule has 0 radical (unpaired) electrons. The Hall–Kier alpha value is -1.69. The molecule has 3 aromatic rings. The summed E-state index contributed by atoms with van der Waals surface area (Å²) in [6.07, 6.45) is 5.48. The Bertz CT molecular complexity index is 825. The first-order valence-electron chi connectivity index (χ1n) is 7.24. The van der Waals surface area contributed by atoms with Gasteiger partial charge in [0.1, 0.15) is 0 Å². The van der Waals surface area contributed by atoms with E-state index in [4.69, 9.17) is 0 Å². The number of carbonyl (C=O) groups excluding carboxylic acids is 1. The molecule has 3 heterocycles. The number of halogens is 2. The van der Waals surface area contributed by atoms with E-state index in [-0.39, 0.29) is 36.6 Å². The number of carbonyl (C=O) groups is 1. The van der Waals surface area contributed by atoms with Crippen molar-refractivity contribution in [2.24, 2.45) is 5.92 Å². The second-order valence-electron chi connectivity index (χ2n) is 5.35. The maximum absolute atomic E-state index is 12.8. The second kappa shape index (κ2) is 7.92. The zero-order chi connectivity index (χ0) is 14.9. The number of para-hydroxylation sites is 1. The predicted molar refractivity (Wildman–Crippen MR) is 105 cm³/mol. The Morgan fingerprint density at radius 3 is 2.75 bits per heavy atom. The third kappa shape index (κ3) is 3.38. The molecule has 1 fully saturated rings. The fourth-order valence-electron chi connectivity index (χ4n) is 2.79. The normalized spacial score (nSPS) is 16.5. The third-order valence-corrected chi connectivity index (χ3v) is 5.16. The summed E-state index contributed by atoms with van der Waals surface area (Å²) in [6, 6.07) is 13.9. The molecule has 0 saturated carbocycles. The van der Waals surface area contributed by atoms with Crippen LogP contribution in [0.25, 0.3) is 10.9 Å². The van der Waals surface area contributed by atoms with Crippen molar-refractivity contribution in [3.8, 4) is 0 Å². The van der Waals surface area contributed by atoms with Gasteiger partial charge >= 0.3 is 0 Å². The Kier molecular flexibility index (Phi) is 6.15. The zero-order valence-corrected chi connectivity index (χ0v) is 15.2. The van der Waals surface area contributed by atoms with Crippen LogP contribution in [0.2, 0.25) is 0 Å². The third-order valence-electron chi connectivity index (χ3n) is 3.94. The first kappa shape index (κ1) is 18.6. The topological polar surface area (TPSA) is 38.1 Å². The maximum Gasteiger partial charge on any atom is 0.236 e. The molecule has 1 aliphatic heterocycles. The first-order valence-corrected chi connectivity index (χ1v) is 8.18. The van der Waals surface area contributed by atoms with Crippen LogP contribution in [-0.4, -0.2) is 27.8 Å². The highest BCUT2D eigenvalue weighted by Gasteiger charge is 2.30. The van der Waals surface area contributed by atoms with Gasteiger partial charge in [0.2, 0.25) is 5.91 Å². The van der Waals surface area contributed by atoms with E-state index in [1.807, 2.05) is 54.9 Å². The summed E-state index contributed by atoms with van der Waals surface area (Å²) < 4.78 is 3.94.